The van der Waals surface area contributed by atoms with Gasteiger partial charge in [-0.3, -0.25) is 4.79 Å². The van der Waals surface area contributed by atoms with Gasteiger partial charge in [0.25, 0.3) is 0 Å². The molecule has 0 aliphatic rings. The summed E-state index contributed by atoms with van der Waals surface area (Å²) in [5.41, 5.74) is 0.765. The van der Waals surface area contributed by atoms with Crippen LogP contribution in [0.4, 0.5) is 0 Å². The van der Waals surface area contributed by atoms with Crippen molar-refractivity contribution in [3.8, 4) is 0 Å². The van der Waals surface area contributed by atoms with Gasteiger partial charge in [0.2, 0.25) is 0 Å². The number of thioether (sulfide) groups is 1. The largest absolute Gasteiger partial charge is 0.396 e. The van der Waals surface area contributed by atoms with Gasteiger partial charge >= 0.3 is 0 Å². The minimum absolute atomic E-state index is 0.158. The van der Waals surface area contributed by atoms with Gasteiger partial charge in [-0.1, -0.05) is 6.92 Å². The molecule has 1 aromatic rings. The summed E-state index contributed by atoms with van der Waals surface area (Å²) in [6.07, 6.45) is 3.70. The highest BCUT2D eigenvalue weighted by Gasteiger charge is 2.08. The molecule has 1 N–H and O–H groups in total. The summed E-state index contributed by atoms with van der Waals surface area (Å²) in [5.74, 6) is 1.74. The minimum atomic E-state index is 0.158. The van der Waals surface area contributed by atoms with Crippen LogP contribution in [0.2, 0.25) is 0 Å². The van der Waals surface area contributed by atoms with Gasteiger partial charge in [0, 0.05) is 31.6 Å². The van der Waals surface area contributed by atoms with Crippen LogP contribution < -0.4 is 0 Å². The maximum absolute atomic E-state index is 11.6. The van der Waals surface area contributed by atoms with Gasteiger partial charge in [-0.05, 0) is 17.7 Å². The summed E-state index contributed by atoms with van der Waals surface area (Å²) in [6.45, 7) is 2.16. The van der Waals surface area contributed by atoms with Gasteiger partial charge in [0.05, 0.1) is 5.75 Å². The molecule has 1 heterocycles. The van der Waals surface area contributed by atoms with Crippen molar-refractivity contribution >= 4 is 17.5 Å². The van der Waals surface area contributed by atoms with Crippen molar-refractivity contribution in [1.82, 2.24) is 4.57 Å². The molecule has 1 aromatic heterocycles. The van der Waals surface area contributed by atoms with E-state index in [-0.39, 0.29) is 18.3 Å². The maximum atomic E-state index is 11.6. The first kappa shape index (κ1) is 12.3. The number of aromatic nitrogens is 1. The second-order valence-corrected chi connectivity index (χ2v) is 4.82. The van der Waals surface area contributed by atoms with E-state index < -0.39 is 0 Å². The highest BCUT2D eigenvalue weighted by molar-refractivity contribution is 7.99. The molecule has 0 bridgehead atoms. The Morgan fingerprint density at radius 1 is 1.67 bits per heavy atom. The van der Waals surface area contributed by atoms with Gasteiger partial charge in [-0.2, -0.15) is 11.8 Å². The standard InChI is InChI=1S/C11H17NO2S/c1-9(6-13)7-15-8-11(14)10-3-4-12(2)5-10/h3-5,9,13H,6-8H2,1-2H3. The molecule has 0 spiro atoms. The Morgan fingerprint density at radius 3 is 2.93 bits per heavy atom. The average Bonchev–Trinajstić information content (AvgIpc) is 2.64. The molecule has 3 nitrogen and oxygen atoms in total. The molecule has 0 saturated carbocycles. The van der Waals surface area contributed by atoms with E-state index in [1.807, 2.05) is 37.0 Å². The molecular weight excluding hydrogens is 210 g/mol. The van der Waals surface area contributed by atoms with E-state index in [0.717, 1.165) is 11.3 Å². The van der Waals surface area contributed by atoms with Gasteiger partial charge in [0.1, 0.15) is 0 Å². The first-order chi connectivity index (χ1) is 7.13. The molecule has 0 radical (unpaired) electrons. The van der Waals surface area contributed by atoms with Gasteiger partial charge in [-0.25, -0.2) is 0 Å². The Labute approximate surface area is 94.5 Å². The van der Waals surface area contributed by atoms with Crippen molar-refractivity contribution in [2.45, 2.75) is 6.92 Å². The van der Waals surface area contributed by atoms with Crippen LogP contribution in [0.3, 0.4) is 0 Å². The number of nitrogens with zero attached hydrogens (tertiary/aromatic N) is 1. The zero-order valence-electron chi connectivity index (χ0n) is 9.14. The summed E-state index contributed by atoms with van der Waals surface area (Å²) < 4.78 is 1.87. The van der Waals surface area contributed by atoms with E-state index in [0.29, 0.717) is 5.75 Å². The van der Waals surface area contributed by atoms with Crippen molar-refractivity contribution in [3.05, 3.63) is 24.0 Å². The van der Waals surface area contributed by atoms with E-state index in [1.54, 1.807) is 11.8 Å². The van der Waals surface area contributed by atoms with Gasteiger partial charge in [0.15, 0.2) is 5.78 Å². The fourth-order valence-corrected chi connectivity index (χ4v) is 2.13. The lowest BCUT2D eigenvalue weighted by Crippen LogP contribution is -2.07. The molecule has 84 valence electrons. The summed E-state index contributed by atoms with van der Waals surface area (Å²) in [4.78, 5) is 11.6. The Hall–Kier alpha value is -0.740. The second-order valence-electron chi connectivity index (χ2n) is 3.79. The number of aryl methyl sites for hydroxylation is 1. The van der Waals surface area contributed by atoms with Gasteiger partial charge in [-0.15, -0.1) is 0 Å². The summed E-state index contributed by atoms with van der Waals surface area (Å²) in [7, 11) is 1.90. The first-order valence-corrected chi connectivity index (χ1v) is 6.12. The van der Waals surface area contributed by atoms with Crippen molar-refractivity contribution in [2.75, 3.05) is 18.1 Å². The Kier molecular flexibility index (Phi) is 4.91. The van der Waals surface area contributed by atoms with Crippen molar-refractivity contribution in [2.24, 2.45) is 13.0 Å². The molecule has 1 atom stereocenters. The molecule has 0 saturated heterocycles. The molecule has 0 aliphatic heterocycles. The Bertz CT molecular complexity index is 322. The zero-order chi connectivity index (χ0) is 11.3. The predicted octanol–water partition coefficient (Wildman–Crippen LogP) is 1.57. The van der Waals surface area contributed by atoms with Crippen molar-refractivity contribution in [1.29, 1.82) is 0 Å². The minimum Gasteiger partial charge on any atom is -0.396 e. The third-order valence-electron chi connectivity index (χ3n) is 2.10. The topological polar surface area (TPSA) is 42.2 Å². The number of ketones is 1. The number of Topliss-reactive ketones (excluding diaryl/α,β-unsaturated/α-hetero) is 1. The summed E-state index contributed by atoms with van der Waals surface area (Å²) >= 11 is 1.58. The molecule has 0 aliphatic carbocycles. The number of carbonyl (C=O) groups is 1. The number of aliphatic hydroxyl groups excluding tert-OH is 1. The third kappa shape index (κ3) is 4.10. The number of aliphatic hydroxyl groups is 1. The smallest absolute Gasteiger partial charge is 0.174 e. The van der Waals surface area contributed by atoms with Crippen molar-refractivity contribution in [3.63, 3.8) is 0 Å². The Morgan fingerprint density at radius 2 is 2.40 bits per heavy atom. The normalized spacial score (nSPS) is 12.7. The fraction of sp³-hybridized carbons (Fsp3) is 0.545. The zero-order valence-corrected chi connectivity index (χ0v) is 9.96. The lowest BCUT2D eigenvalue weighted by molar-refractivity contribution is 0.102. The molecule has 1 unspecified atom stereocenters. The van der Waals surface area contributed by atoms with Crippen LogP contribution in [0, 0.1) is 5.92 Å². The lowest BCUT2D eigenvalue weighted by Gasteiger charge is -2.05. The number of hydrogen-bond donors (Lipinski definition) is 1. The van der Waals surface area contributed by atoms with E-state index >= 15 is 0 Å². The molecule has 4 heteroatoms. The monoisotopic (exact) mass is 227 g/mol. The van der Waals surface area contributed by atoms with E-state index in [9.17, 15) is 4.79 Å². The third-order valence-corrected chi connectivity index (χ3v) is 3.37. The highest BCUT2D eigenvalue weighted by Crippen LogP contribution is 2.11. The maximum Gasteiger partial charge on any atom is 0.174 e. The van der Waals surface area contributed by atoms with E-state index in [2.05, 4.69) is 0 Å². The molecule has 0 fully saturated rings. The van der Waals surface area contributed by atoms with E-state index in [1.165, 1.54) is 0 Å². The number of hydrogen-bond acceptors (Lipinski definition) is 3. The van der Waals surface area contributed by atoms with Gasteiger partial charge < -0.3 is 9.67 Å². The average molecular weight is 227 g/mol. The van der Waals surface area contributed by atoms with Crippen LogP contribution in [-0.2, 0) is 7.05 Å². The molecule has 0 amide bonds. The van der Waals surface area contributed by atoms with Crippen LogP contribution >= 0.6 is 11.8 Å². The highest BCUT2D eigenvalue weighted by atomic mass is 32.2. The predicted molar refractivity (Wildman–Crippen MR) is 63.3 cm³/mol. The molecular formula is C11H17NO2S. The van der Waals surface area contributed by atoms with Crippen LogP contribution in [0.15, 0.2) is 18.5 Å². The Balaban J connectivity index is 2.31. The summed E-state index contributed by atoms with van der Waals surface area (Å²) in [5, 5.41) is 8.82. The van der Waals surface area contributed by atoms with Crippen LogP contribution in [-0.4, -0.2) is 33.6 Å². The van der Waals surface area contributed by atoms with Crippen LogP contribution in [0.25, 0.3) is 0 Å². The fourth-order valence-electron chi connectivity index (χ4n) is 1.16. The molecule has 0 aromatic carbocycles. The first-order valence-electron chi connectivity index (χ1n) is 4.97. The molecule has 15 heavy (non-hydrogen) atoms. The van der Waals surface area contributed by atoms with Crippen molar-refractivity contribution < 1.29 is 9.90 Å². The molecule has 1 rings (SSSR count). The van der Waals surface area contributed by atoms with Crippen LogP contribution in [0.1, 0.15) is 17.3 Å². The van der Waals surface area contributed by atoms with E-state index in [4.69, 9.17) is 5.11 Å². The lowest BCUT2D eigenvalue weighted by atomic mass is 10.2. The quantitative estimate of drug-likeness (QED) is 0.750. The SMILES string of the molecule is CC(CO)CSCC(=O)c1ccn(C)c1. The number of carbonyl (C=O) groups excluding carboxylic acids is 1. The van der Waals surface area contributed by atoms with Crippen LogP contribution in [0.5, 0.6) is 0 Å². The second kappa shape index (κ2) is 5.98. The number of rotatable bonds is 6. The summed E-state index contributed by atoms with van der Waals surface area (Å²) in [6, 6.07) is 1.83.